The summed E-state index contributed by atoms with van der Waals surface area (Å²) in [4.78, 5) is 2.39. The Hall–Kier alpha value is -0.120. The fourth-order valence-electron chi connectivity index (χ4n) is 1.93. The van der Waals surface area contributed by atoms with E-state index >= 15 is 0 Å². The van der Waals surface area contributed by atoms with Crippen molar-refractivity contribution in [1.82, 2.24) is 4.90 Å². The summed E-state index contributed by atoms with van der Waals surface area (Å²) < 4.78 is 5.32. The van der Waals surface area contributed by atoms with E-state index in [2.05, 4.69) is 11.9 Å². The van der Waals surface area contributed by atoms with Crippen LogP contribution in [-0.4, -0.2) is 44.3 Å². The van der Waals surface area contributed by atoms with E-state index in [1.165, 1.54) is 12.8 Å². The highest BCUT2D eigenvalue weighted by molar-refractivity contribution is 4.87. The van der Waals surface area contributed by atoms with Crippen LogP contribution in [0, 0.1) is 5.92 Å². The van der Waals surface area contributed by atoms with Crippen LogP contribution < -0.4 is 5.73 Å². The Kier molecular flexibility index (Phi) is 4.70. The van der Waals surface area contributed by atoms with Crippen molar-refractivity contribution in [3.05, 3.63) is 0 Å². The Morgan fingerprint density at radius 1 is 1.46 bits per heavy atom. The smallest absolute Gasteiger partial charge is 0.0593 e. The summed E-state index contributed by atoms with van der Waals surface area (Å²) in [7, 11) is 2.17. The molecule has 0 aromatic heterocycles. The number of ether oxygens (including phenoxy) is 1. The lowest BCUT2D eigenvalue weighted by molar-refractivity contribution is 0.0532. The van der Waals surface area contributed by atoms with E-state index in [1.807, 2.05) is 6.92 Å². The van der Waals surface area contributed by atoms with Gasteiger partial charge < -0.3 is 15.4 Å². The lowest BCUT2D eigenvalue weighted by atomic mass is 9.79. The zero-order valence-corrected chi connectivity index (χ0v) is 8.83. The molecule has 1 aliphatic rings. The van der Waals surface area contributed by atoms with Crippen LogP contribution in [0.5, 0.6) is 0 Å². The van der Waals surface area contributed by atoms with E-state index in [0.717, 1.165) is 32.2 Å². The first-order valence-corrected chi connectivity index (χ1v) is 5.27. The molecule has 3 heteroatoms. The fraction of sp³-hybridized carbons (Fsp3) is 1.00. The Morgan fingerprint density at radius 3 is 2.69 bits per heavy atom. The molecule has 0 aliphatic heterocycles. The molecule has 3 nitrogen and oxygen atoms in total. The molecule has 0 saturated heterocycles. The monoisotopic (exact) mass is 186 g/mol. The Labute approximate surface area is 81.2 Å². The van der Waals surface area contributed by atoms with Crippen molar-refractivity contribution in [2.24, 2.45) is 11.7 Å². The molecule has 78 valence electrons. The summed E-state index contributed by atoms with van der Waals surface area (Å²) in [6.07, 6.45) is 2.62. The molecule has 0 bridgehead atoms. The Bertz CT molecular complexity index is 139. The number of hydrogen-bond donors (Lipinski definition) is 1. The molecule has 0 spiro atoms. The van der Waals surface area contributed by atoms with Gasteiger partial charge in [0.1, 0.15) is 0 Å². The van der Waals surface area contributed by atoms with Crippen molar-refractivity contribution in [1.29, 1.82) is 0 Å². The molecule has 0 radical (unpaired) electrons. The highest BCUT2D eigenvalue weighted by Crippen LogP contribution is 2.30. The van der Waals surface area contributed by atoms with Crippen LogP contribution in [0.2, 0.25) is 0 Å². The Morgan fingerprint density at radius 2 is 2.23 bits per heavy atom. The maximum absolute atomic E-state index is 5.66. The summed E-state index contributed by atoms with van der Waals surface area (Å²) in [6, 6.07) is 0.713. The minimum absolute atomic E-state index is 0.713. The van der Waals surface area contributed by atoms with Gasteiger partial charge in [0.2, 0.25) is 0 Å². The second kappa shape index (κ2) is 5.58. The van der Waals surface area contributed by atoms with Crippen LogP contribution >= 0.6 is 0 Å². The zero-order chi connectivity index (χ0) is 9.68. The molecular formula is C10H22N2O. The third-order valence-electron chi connectivity index (χ3n) is 3.04. The molecule has 2 unspecified atom stereocenters. The number of nitrogens with two attached hydrogens (primary N) is 1. The highest BCUT2D eigenvalue weighted by Gasteiger charge is 2.32. The van der Waals surface area contributed by atoms with Gasteiger partial charge in [0.15, 0.2) is 0 Å². The van der Waals surface area contributed by atoms with Crippen molar-refractivity contribution < 1.29 is 4.74 Å². The lowest BCUT2D eigenvalue weighted by Gasteiger charge is -2.42. The average Bonchev–Trinajstić information content (AvgIpc) is 2.03. The van der Waals surface area contributed by atoms with Crippen molar-refractivity contribution in [3.8, 4) is 0 Å². The molecule has 0 heterocycles. The molecule has 13 heavy (non-hydrogen) atoms. The zero-order valence-electron chi connectivity index (χ0n) is 8.83. The van der Waals surface area contributed by atoms with E-state index in [-0.39, 0.29) is 0 Å². The van der Waals surface area contributed by atoms with Gasteiger partial charge in [0, 0.05) is 19.2 Å². The maximum Gasteiger partial charge on any atom is 0.0593 e. The molecule has 2 atom stereocenters. The second-order valence-electron chi connectivity index (χ2n) is 3.82. The van der Waals surface area contributed by atoms with Crippen LogP contribution in [0.15, 0.2) is 0 Å². The number of rotatable bonds is 6. The topological polar surface area (TPSA) is 38.5 Å². The van der Waals surface area contributed by atoms with E-state index in [9.17, 15) is 0 Å². The third kappa shape index (κ3) is 2.93. The molecule has 0 amide bonds. The summed E-state index contributed by atoms with van der Waals surface area (Å²) in [5.74, 6) is 0.728. The standard InChI is InChI=1S/C10H22N2O/c1-3-13-7-6-12(2)10-5-4-9(10)8-11/h9-10H,3-8,11H2,1-2H3. The highest BCUT2D eigenvalue weighted by atomic mass is 16.5. The maximum atomic E-state index is 5.66. The lowest BCUT2D eigenvalue weighted by Crippen LogP contribution is -2.48. The van der Waals surface area contributed by atoms with Gasteiger partial charge in [-0.1, -0.05) is 0 Å². The third-order valence-corrected chi connectivity index (χ3v) is 3.04. The van der Waals surface area contributed by atoms with Gasteiger partial charge in [-0.2, -0.15) is 0 Å². The van der Waals surface area contributed by atoms with E-state index in [1.54, 1.807) is 0 Å². The molecule has 1 fully saturated rings. The van der Waals surface area contributed by atoms with E-state index in [4.69, 9.17) is 10.5 Å². The van der Waals surface area contributed by atoms with Gasteiger partial charge in [0.05, 0.1) is 6.61 Å². The minimum Gasteiger partial charge on any atom is -0.380 e. The molecule has 1 aliphatic carbocycles. The molecular weight excluding hydrogens is 164 g/mol. The van der Waals surface area contributed by atoms with Crippen molar-refractivity contribution >= 4 is 0 Å². The van der Waals surface area contributed by atoms with Gasteiger partial charge in [0.25, 0.3) is 0 Å². The Balaban J connectivity index is 2.12. The summed E-state index contributed by atoms with van der Waals surface area (Å²) in [5, 5.41) is 0. The normalized spacial score (nSPS) is 27.7. The van der Waals surface area contributed by atoms with Gasteiger partial charge in [-0.25, -0.2) is 0 Å². The van der Waals surface area contributed by atoms with E-state index < -0.39 is 0 Å². The van der Waals surface area contributed by atoms with Crippen molar-refractivity contribution in [2.45, 2.75) is 25.8 Å². The van der Waals surface area contributed by atoms with Gasteiger partial charge in [-0.3, -0.25) is 0 Å². The molecule has 1 rings (SSSR count). The predicted molar refractivity (Wildman–Crippen MR) is 54.7 cm³/mol. The van der Waals surface area contributed by atoms with Gasteiger partial charge in [-0.15, -0.1) is 0 Å². The number of hydrogen-bond acceptors (Lipinski definition) is 3. The summed E-state index contributed by atoms with van der Waals surface area (Å²) in [5.41, 5.74) is 5.66. The van der Waals surface area contributed by atoms with Crippen LogP contribution in [0.3, 0.4) is 0 Å². The largest absolute Gasteiger partial charge is 0.380 e. The first kappa shape index (κ1) is 11.0. The van der Waals surface area contributed by atoms with Crippen LogP contribution in [0.1, 0.15) is 19.8 Å². The quantitative estimate of drug-likeness (QED) is 0.620. The van der Waals surface area contributed by atoms with Crippen molar-refractivity contribution in [3.63, 3.8) is 0 Å². The van der Waals surface area contributed by atoms with Crippen molar-refractivity contribution in [2.75, 3.05) is 33.4 Å². The average molecular weight is 186 g/mol. The predicted octanol–water partition coefficient (Wildman–Crippen LogP) is 0.692. The molecule has 1 saturated carbocycles. The summed E-state index contributed by atoms with van der Waals surface area (Å²) >= 11 is 0. The van der Waals surface area contributed by atoms with Crippen LogP contribution in [0.25, 0.3) is 0 Å². The fourth-order valence-corrected chi connectivity index (χ4v) is 1.93. The van der Waals surface area contributed by atoms with Gasteiger partial charge >= 0.3 is 0 Å². The first-order chi connectivity index (χ1) is 6.29. The number of likely N-dealkylation sites (N-methyl/N-ethyl adjacent to an activating group) is 1. The first-order valence-electron chi connectivity index (χ1n) is 5.27. The van der Waals surface area contributed by atoms with Gasteiger partial charge in [-0.05, 0) is 39.3 Å². The number of nitrogens with zero attached hydrogens (tertiary/aromatic N) is 1. The van der Waals surface area contributed by atoms with Crippen LogP contribution in [0.4, 0.5) is 0 Å². The minimum atomic E-state index is 0.713. The SMILES string of the molecule is CCOCCN(C)C1CCC1CN. The second-order valence-corrected chi connectivity index (χ2v) is 3.82. The summed E-state index contributed by atoms with van der Waals surface area (Å²) in [6.45, 7) is 5.57. The molecule has 0 aromatic carbocycles. The molecule has 2 N–H and O–H groups in total. The van der Waals surface area contributed by atoms with E-state index in [0.29, 0.717) is 6.04 Å². The van der Waals surface area contributed by atoms with Crippen LogP contribution in [-0.2, 0) is 4.74 Å². The molecule has 0 aromatic rings.